The van der Waals surface area contributed by atoms with Gasteiger partial charge in [0.05, 0.1) is 16.8 Å². The Hall–Kier alpha value is -4.77. The molecule has 0 bridgehead atoms. The number of nitrogen functional groups attached to an aromatic ring is 1. The van der Waals surface area contributed by atoms with Gasteiger partial charge in [-0.05, 0) is 42.0 Å². The largest absolute Gasteiger partial charge is 0.573 e. The highest BCUT2D eigenvalue weighted by atomic mass is 32.2. The molecule has 0 radical (unpaired) electrons. The highest BCUT2D eigenvalue weighted by molar-refractivity contribution is 7.89. The Labute approximate surface area is 251 Å². The predicted octanol–water partition coefficient (Wildman–Crippen LogP) is 2.33. The van der Waals surface area contributed by atoms with Gasteiger partial charge >= 0.3 is 6.36 Å². The van der Waals surface area contributed by atoms with Crippen LogP contribution >= 0.6 is 0 Å². The predicted molar refractivity (Wildman–Crippen MR) is 157 cm³/mol. The minimum atomic E-state index is -4.94. The van der Waals surface area contributed by atoms with Crippen molar-refractivity contribution in [2.45, 2.75) is 23.8 Å². The number of sulfonamides is 1. The number of nitrogens with zero attached hydrogens (tertiary/aromatic N) is 7. The third-order valence-electron chi connectivity index (χ3n) is 6.48. The molecule has 0 unspecified atom stereocenters. The van der Waals surface area contributed by atoms with E-state index in [1.807, 2.05) is 19.0 Å². The molecule has 3 N–H and O–H groups in total. The van der Waals surface area contributed by atoms with E-state index in [-0.39, 0.29) is 42.6 Å². The number of hydrogen-bond donors (Lipinski definition) is 2. The number of nitrogens with two attached hydrogens (primary N) is 1. The molecule has 1 aromatic carbocycles. The number of aliphatic imine (C=N–C) groups is 1. The molecule has 0 aliphatic carbocycles. The van der Waals surface area contributed by atoms with Crippen LogP contribution in [0.5, 0.6) is 5.75 Å². The second-order valence-corrected chi connectivity index (χ2v) is 11.6. The molecule has 234 valence electrons. The summed E-state index contributed by atoms with van der Waals surface area (Å²) in [7, 11) is -0.676. The minimum absolute atomic E-state index is 0.0628. The number of aromatic nitrogens is 3. The molecule has 0 saturated carbocycles. The van der Waals surface area contributed by atoms with Gasteiger partial charge < -0.3 is 25.6 Å². The van der Waals surface area contributed by atoms with Gasteiger partial charge in [0.1, 0.15) is 29.8 Å². The van der Waals surface area contributed by atoms with Crippen molar-refractivity contribution in [3.05, 3.63) is 73.3 Å². The maximum Gasteiger partial charge on any atom is 0.573 e. The normalized spacial score (nSPS) is 16.3. The van der Waals surface area contributed by atoms with Crippen LogP contribution in [0, 0.1) is 0 Å². The van der Waals surface area contributed by atoms with E-state index >= 15 is 0 Å². The van der Waals surface area contributed by atoms with Crippen LogP contribution in [0.3, 0.4) is 0 Å². The Bertz CT molecular complexity index is 1620. The van der Waals surface area contributed by atoms with Crippen LogP contribution in [-0.4, -0.2) is 90.5 Å². The summed E-state index contributed by atoms with van der Waals surface area (Å²) in [6.45, 7) is 3.66. The number of nitrogens with one attached hydrogen (secondary N) is 1. The van der Waals surface area contributed by atoms with E-state index in [0.29, 0.717) is 17.2 Å². The third-order valence-corrected chi connectivity index (χ3v) is 8.40. The first kappa shape index (κ1) is 32.2. The lowest BCUT2D eigenvalue weighted by atomic mass is 10.1. The number of ether oxygens (including phenoxy) is 1. The zero-order chi connectivity index (χ0) is 32.1. The average molecular weight is 634 g/mol. The molecule has 44 heavy (non-hydrogen) atoms. The standard InChI is InChI=1S/C27H30F3N9O4S/c1-4-23(36-25-21(31)15-32-17-35-25)38-11-12-39(44(41,42)20-8-6-19(7-9-20)43-27(28,29)30)22(16-38)26(40)34-14-18-5-10-24(33-13-18)37(2)3/h4-10,13,15,17,22H,1,11-12,14,16,31H2,2-3H3,(H,34,40)/t22-/m1/s1. The number of amides is 1. The Morgan fingerprint density at radius 3 is 2.50 bits per heavy atom. The molecule has 13 nitrogen and oxygen atoms in total. The van der Waals surface area contributed by atoms with E-state index in [9.17, 15) is 26.4 Å². The molecule has 17 heteroatoms. The van der Waals surface area contributed by atoms with E-state index in [2.05, 4.69) is 36.6 Å². The Morgan fingerprint density at radius 2 is 1.91 bits per heavy atom. The van der Waals surface area contributed by atoms with Crippen molar-refractivity contribution >= 4 is 39.1 Å². The molecule has 2 aromatic heterocycles. The number of anilines is 2. The highest BCUT2D eigenvalue weighted by Crippen LogP contribution is 2.27. The van der Waals surface area contributed by atoms with Crippen molar-refractivity contribution in [3.63, 3.8) is 0 Å². The summed E-state index contributed by atoms with van der Waals surface area (Å²) in [4.78, 5) is 33.4. The summed E-state index contributed by atoms with van der Waals surface area (Å²) >= 11 is 0. The quantitative estimate of drug-likeness (QED) is 0.265. The van der Waals surface area contributed by atoms with Crippen molar-refractivity contribution in [1.29, 1.82) is 0 Å². The number of hydrogen-bond acceptors (Lipinski definition) is 10. The number of alkyl halides is 3. The van der Waals surface area contributed by atoms with Gasteiger partial charge in [-0.1, -0.05) is 12.6 Å². The molecule has 0 spiro atoms. The Morgan fingerprint density at radius 1 is 1.18 bits per heavy atom. The summed E-state index contributed by atoms with van der Waals surface area (Å²) in [5.41, 5.74) is 6.80. The van der Waals surface area contributed by atoms with Gasteiger partial charge in [0.2, 0.25) is 15.9 Å². The molecule has 3 aromatic rings. The number of benzene rings is 1. The number of rotatable bonds is 9. The topological polar surface area (TPSA) is 159 Å². The summed E-state index contributed by atoms with van der Waals surface area (Å²) in [5, 5.41) is 2.77. The lowest BCUT2D eigenvalue weighted by molar-refractivity contribution is -0.274. The van der Waals surface area contributed by atoms with Crippen LogP contribution in [0.1, 0.15) is 5.56 Å². The molecular formula is C27H30F3N9O4S. The molecule has 1 aliphatic heterocycles. The van der Waals surface area contributed by atoms with Gasteiger partial charge in [-0.15, -0.1) is 13.2 Å². The minimum Gasteiger partial charge on any atom is -0.406 e. The molecule has 1 fully saturated rings. The van der Waals surface area contributed by atoms with Gasteiger partial charge in [-0.3, -0.25) is 4.79 Å². The third kappa shape index (κ3) is 7.78. The fraction of sp³-hybridized carbons (Fsp3) is 0.296. The van der Waals surface area contributed by atoms with Crippen molar-refractivity contribution < 1.29 is 31.1 Å². The van der Waals surface area contributed by atoms with E-state index in [1.54, 1.807) is 23.2 Å². The summed E-state index contributed by atoms with van der Waals surface area (Å²) in [6, 6.07) is 6.06. The van der Waals surface area contributed by atoms with Crippen LogP contribution in [0.2, 0.25) is 0 Å². The monoisotopic (exact) mass is 633 g/mol. The van der Waals surface area contributed by atoms with E-state index in [4.69, 9.17) is 5.73 Å². The van der Waals surface area contributed by atoms with Gasteiger partial charge in [-0.25, -0.2) is 28.4 Å². The fourth-order valence-corrected chi connectivity index (χ4v) is 5.87. The van der Waals surface area contributed by atoms with Gasteiger partial charge in [-0.2, -0.15) is 4.31 Å². The number of piperazine rings is 1. The lowest BCUT2D eigenvalue weighted by Gasteiger charge is -2.40. The smallest absolute Gasteiger partial charge is 0.406 e. The Kier molecular flexibility index (Phi) is 9.68. The average Bonchev–Trinajstić information content (AvgIpc) is 2.99. The maximum absolute atomic E-state index is 13.7. The lowest BCUT2D eigenvalue weighted by Crippen LogP contribution is -2.61. The van der Waals surface area contributed by atoms with Crippen LogP contribution < -0.4 is 20.7 Å². The van der Waals surface area contributed by atoms with E-state index < -0.39 is 34.1 Å². The van der Waals surface area contributed by atoms with Crippen LogP contribution in [0.4, 0.5) is 30.5 Å². The molecule has 1 amide bonds. The van der Waals surface area contributed by atoms with Gasteiger partial charge in [0.25, 0.3) is 0 Å². The number of carbonyl (C=O) groups excluding carboxylic acids is 1. The summed E-state index contributed by atoms with van der Waals surface area (Å²) < 4.78 is 70.1. The zero-order valence-electron chi connectivity index (χ0n) is 23.8. The second-order valence-electron chi connectivity index (χ2n) is 9.71. The van der Waals surface area contributed by atoms with Gasteiger partial charge in [0, 0.05) is 46.5 Å². The molecule has 4 rings (SSSR count). The number of amidine groups is 1. The van der Waals surface area contributed by atoms with Crippen LogP contribution in [-0.2, 0) is 21.4 Å². The highest BCUT2D eigenvalue weighted by Gasteiger charge is 2.41. The van der Waals surface area contributed by atoms with Crippen molar-refractivity contribution in [3.8, 4) is 5.75 Å². The van der Waals surface area contributed by atoms with Crippen molar-refractivity contribution in [2.24, 2.45) is 4.99 Å². The summed E-state index contributed by atoms with van der Waals surface area (Å²) in [6.07, 6.45) is 0.720. The second kappa shape index (κ2) is 13.3. The molecule has 1 atom stereocenters. The first-order valence-electron chi connectivity index (χ1n) is 13.1. The van der Waals surface area contributed by atoms with Crippen molar-refractivity contribution in [2.75, 3.05) is 44.4 Å². The van der Waals surface area contributed by atoms with Crippen molar-refractivity contribution in [1.82, 2.24) is 29.5 Å². The fourth-order valence-electron chi connectivity index (χ4n) is 4.30. The van der Waals surface area contributed by atoms with Gasteiger partial charge in [0.15, 0.2) is 5.82 Å². The SMILES string of the molecule is C=CC(=Nc1ncncc1N)N1CCN(S(=O)(=O)c2ccc(OC(F)(F)F)cc2)[C@@H](C(=O)NCc2ccc(N(C)C)nc2)C1. The number of pyridine rings is 1. The molecule has 1 saturated heterocycles. The molecular weight excluding hydrogens is 603 g/mol. The van der Waals surface area contributed by atoms with Crippen LogP contribution in [0.25, 0.3) is 0 Å². The maximum atomic E-state index is 13.7. The summed E-state index contributed by atoms with van der Waals surface area (Å²) in [5.74, 6) is -0.0205. The van der Waals surface area contributed by atoms with Crippen LogP contribution in [0.15, 0.2) is 77.7 Å². The number of carbonyl (C=O) groups is 1. The first-order valence-corrected chi connectivity index (χ1v) is 14.5. The number of halogens is 3. The molecule has 3 heterocycles. The Balaban J connectivity index is 1.62. The van der Waals surface area contributed by atoms with E-state index in [0.717, 1.165) is 28.6 Å². The first-order chi connectivity index (χ1) is 20.8. The van der Waals surface area contributed by atoms with E-state index in [1.165, 1.54) is 18.6 Å². The molecule has 1 aliphatic rings. The zero-order valence-corrected chi connectivity index (χ0v) is 24.6.